The van der Waals surface area contributed by atoms with Crippen LogP contribution in [0.25, 0.3) is 0 Å². The van der Waals surface area contributed by atoms with Crippen molar-refractivity contribution < 1.29 is 9.90 Å². The minimum absolute atomic E-state index is 0.569. The molecule has 0 saturated carbocycles. The maximum Gasteiger partial charge on any atom is 0.325 e. The van der Waals surface area contributed by atoms with Gasteiger partial charge in [-0.15, -0.1) is 0 Å². The third-order valence-corrected chi connectivity index (χ3v) is 1.92. The molecule has 1 aromatic rings. The van der Waals surface area contributed by atoms with Gasteiger partial charge in [0.1, 0.15) is 6.04 Å². The molecule has 4 nitrogen and oxygen atoms in total. The Hall–Kier alpha value is -1.55. The molecular formula is C9H12N2O2. The summed E-state index contributed by atoms with van der Waals surface area (Å²) in [5, 5.41) is 8.64. The van der Waals surface area contributed by atoms with E-state index in [1.165, 1.54) is 0 Å². The standard InChI is InChI=1S/C9H12N2O2/c1-5-4-6(2-3-7(5)10)8(11)9(12)13/h2-4,8H,10-11H2,1H3,(H,12,13)/t8-/m0/s1. The summed E-state index contributed by atoms with van der Waals surface area (Å²) in [6, 6.07) is 4.00. The smallest absolute Gasteiger partial charge is 0.325 e. The van der Waals surface area contributed by atoms with Gasteiger partial charge in [0, 0.05) is 5.69 Å². The fraction of sp³-hybridized carbons (Fsp3) is 0.222. The van der Waals surface area contributed by atoms with Gasteiger partial charge in [0.05, 0.1) is 0 Å². The molecule has 0 aliphatic heterocycles. The van der Waals surface area contributed by atoms with Gasteiger partial charge >= 0.3 is 5.97 Å². The molecule has 0 aliphatic carbocycles. The Morgan fingerprint density at radius 3 is 2.62 bits per heavy atom. The fourth-order valence-electron chi connectivity index (χ4n) is 1.03. The zero-order chi connectivity index (χ0) is 10.0. The molecule has 0 heterocycles. The second-order valence-corrected chi connectivity index (χ2v) is 2.93. The summed E-state index contributed by atoms with van der Waals surface area (Å²) in [5.74, 6) is -1.04. The number of benzene rings is 1. The number of hydrogen-bond donors (Lipinski definition) is 3. The largest absolute Gasteiger partial charge is 0.480 e. The minimum Gasteiger partial charge on any atom is -0.480 e. The van der Waals surface area contributed by atoms with Gasteiger partial charge in [-0.25, -0.2) is 0 Å². The number of aliphatic carboxylic acids is 1. The summed E-state index contributed by atoms with van der Waals surface area (Å²) in [5.41, 5.74) is 13.0. The van der Waals surface area contributed by atoms with Crippen LogP contribution in [0.3, 0.4) is 0 Å². The van der Waals surface area contributed by atoms with Crippen molar-refractivity contribution in [2.75, 3.05) is 5.73 Å². The molecule has 1 rings (SSSR count). The van der Waals surface area contributed by atoms with Crippen LogP contribution >= 0.6 is 0 Å². The molecule has 0 unspecified atom stereocenters. The van der Waals surface area contributed by atoms with E-state index in [4.69, 9.17) is 16.6 Å². The lowest BCUT2D eigenvalue weighted by Crippen LogP contribution is -2.20. The third-order valence-electron chi connectivity index (χ3n) is 1.92. The van der Waals surface area contributed by atoms with Gasteiger partial charge in [0.15, 0.2) is 0 Å². The highest BCUT2D eigenvalue weighted by molar-refractivity contribution is 5.75. The monoisotopic (exact) mass is 180 g/mol. The van der Waals surface area contributed by atoms with Crippen LogP contribution in [0.1, 0.15) is 17.2 Å². The zero-order valence-electron chi connectivity index (χ0n) is 7.32. The number of nitrogen functional groups attached to an aromatic ring is 1. The van der Waals surface area contributed by atoms with Crippen molar-refractivity contribution in [1.29, 1.82) is 0 Å². The van der Waals surface area contributed by atoms with Crippen LogP contribution in [0, 0.1) is 6.92 Å². The highest BCUT2D eigenvalue weighted by atomic mass is 16.4. The average Bonchev–Trinajstić information content (AvgIpc) is 2.08. The molecule has 0 amide bonds. The number of aryl methyl sites for hydroxylation is 1. The van der Waals surface area contributed by atoms with E-state index in [9.17, 15) is 4.79 Å². The van der Waals surface area contributed by atoms with Crippen molar-refractivity contribution in [3.63, 3.8) is 0 Å². The van der Waals surface area contributed by atoms with E-state index in [0.29, 0.717) is 11.3 Å². The van der Waals surface area contributed by atoms with E-state index in [1.807, 2.05) is 6.92 Å². The SMILES string of the molecule is Cc1cc([C@H](N)C(=O)O)ccc1N. The van der Waals surface area contributed by atoms with Crippen LogP contribution in [-0.4, -0.2) is 11.1 Å². The summed E-state index contributed by atoms with van der Waals surface area (Å²) >= 11 is 0. The molecule has 13 heavy (non-hydrogen) atoms. The summed E-state index contributed by atoms with van der Waals surface area (Å²) in [7, 11) is 0. The Morgan fingerprint density at radius 2 is 2.15 bits per heavy atom. The maximum atomic E-state index is 10.5. The van der Waals surface area contributed by atoms with E-state index in [1.54, 1.807) is 18.2 Å². The van der Waals surface area contributed by atoms with E-state index >= 15 is 0 Å². The molecule has 0 saturated heterocycles. The molecule has 70 valence electrons. The van der Waals surface area contributed by atoms with Crippen molar-refractivity contribution >= 4 is 11.7 Å². The number of carboxylic acid groups (broad SMARTS) is 1. The lowest BCUT2D eigenvalue weighted by Gasteiger charge is -2.08. The predicted molar refractivity (Wildman–Crippen MR) is 50.2 cm³/mol. The fourth-order valence-corrected chi connectivity index (χ4v) is 1.03. The quantitative estimate of drug-likeness (QED) is 0.583. The van der Waals surface area contributed by atoms with Gasteiger partial charge in [0.25, 0.3) is 0 Å². The molecule has 0 radical (unpaired) electrons. The second kappa shape index (κ2) is 3.45. The molecule has 1 aromatic carbocycles. The Morgan fingerprint density at radius 1 is 1.54 bits per heavy atom. The summed E-state index contributed by atoms with van der Waals surface area (Å²) in [6.07, 6.45) is 0. The molecule has 5 N–H and O–H groups in total. The summed E-state index contributed by atoms with van der Waals surface area (Å²) in [4.78, 5) is 10.5. The highest BCUT2D eigenvalue weighted by Gasteiger charge is 2.14. The van der Waals surface area contributed by atoms with E-state index < -0.39 is 12.0 Å². The molecule has 1 atom stereocenters. The molecule has 0 aliphatic rings. The number of carboxylic acids is 1. The summed E-state index contributed by atoms with van der Waals surface area (Å²) < 4.78 is 0. The lowest BCUT2D eigenvalue weighted by atomic mass is 10.0. The topological polar surface area (TPSA) is 89.3 Å². The first kappa shape index (κ1) is 9.54. The molecule has 0 aromatic heterocycles. The first-order valence-corrected chi connectivity index (χ1v) is 3.87. The van der Waals surface area contributed by atoms with Crippen LogP contribution in [0.15, 0.2) is 18.2 Å². The Balaban J connectivity index is 3.03. The van der Waals surface area contributed by atoms with E-state index in [2.05, 4.69) is 0 Å². The predicted octanol–water partition coefficient (Wildman–Crippen LogP) is 0.662. The van der Waals surface area contributed by atoms with Crippen LogP contribution in [0.5, 0.6) is 0 Å². The van der Waals surface area contributed by atoms with Gasteiger partial charge < -0.3 is 16.6 Å². The minimum atomic E-state index is -1.04. The van der Waals surface area contributed by atoms with Crippen molar-refractivity contribution in [2.24, 2.45) is 5.73 Å². The third kappa shape index (κ3) is 1.97. The van der Waals surface area contributed by atoms with Crippen LogP contribution in [-0.2, 0) is 4.79 Å². The highest BCUT2D eigenvalue weighted by Crippen LogP contribution is 2.17. The van der Waals surface area contributed by atoms with Gasteiger partial charge in [0.2, 0.25) is 0 Å². The normalized spacial score (nSPS) is 12.5. The van der Waals surface area contributed by atoms with E-state index in [-0.39, 0.29) is 0 Å². The maximum absolute atomic E-state index is 10.5. The Bertz CT molecular complexity index is 336. The summed E-state index contributed by atoms with van der Waals surface area (Å²) in [6.45, 7) is 1.81. The molecule has 0 spiro atoms. The first-order chi connectivity index (χ1) is 6.02. The molecule has 0 fully saturated rings. The molecule has 0 bridgehead atoms. The van der Waals surface area contributed by atoms with Crippen LogP contribution in [0.4, 0.5) is 5.69 Å². The molecular weight excluding hydrogens is 168 g/mol. The Labute approximate surface area is 76.2 Å². The number of carbonyl (C=O) groups is 1. The number of nitrogens with two attached hydrogens (primary N) is 2. The van der Waals surface area contributed by atoms with Crippen molar-refractivity contribution in [3.8, 4) is 0 Å². The van der Waals surface area contributed by atoms with Gasteiger partial charge in [-0.3, -0.25) is 4.79 Å². The van der Waals surface area contributed by atoms with Crippen LogP contribution in [0.2, 0.25) is 0 Å². The first-order valence-electron chi connectivity index (χ1n) is 3.87. The van der Waals surface area contributed by atoms with E-state index in [0.717, 1.165) is 5.56 Å². The van der Waals surface area contributed by atoms with Gasteiger partial charge in [-0.1, -0.05) is 12.1 Å². The van der Waals surface area contributed by atoms with Crippen LogP contribution < -0.4 is 11.5 Å². The average molecular weight is 180 g/mol. The second-order valence-electron chi connectivity index (χ2n) is 2.93. The van der Waals surface area contributed by atoms with Gasteiger partial charge in [-0.2, -0.15) is 0 Å². The number of hydrogen-bond acceptors (Lipinski definition) is 3. The van der Waals surface area contributed by atoms with Crippen molar-refractivity contribution in [2.45, 2.75) is 13.0 Å². The van der Waals surface area contributed by atoms with Gasteiger partial charge in [-0.05, 0) is 24.1 Å². The lowest BCUT2D eigenvalue weighted by molar-refractivity contribution is -0.138. The molecule has 4 heteroatoms. The van der Waals surface area contributed by atoms with Crippen molar-refractivity contribution in [1.82, 2.24) is 0 Å². The Kier molecular flexibility index (Phi) is 2.53. The number of rotatable bonds is 2. The van der Waals surface area contributed by atoms with Crippen molar-refractivity contribution in [3.05, 3.63) is 29.3 Å². The number of anilines is 1. The zero-order valence-corrected chi connectivity index (χ0v) is 7.32.